The van der Waals surface area contributed by atoms with Gasteiger partial charge in [0.25, 0.3) is 0 Å². The van der Waals surface area contributed by atoms with Crippen molar-refractivity contribution in [1.82, 2.24) is 0 Å². The maximum atomic E-state index is 10.6. The Bertz CT molecular complexity index is 178. The van der Waals surface area contributed by atoms with Gasteiger partial charge in [-0.2, -0.15) is 0 Å². The molecule has 0 aromatic heterocycles. The fraction of sp³-hybridized carbons (Fsp3) is 0.625. The summed E-state index contributed by atoms with van der Waals surface area (Å²) in [5.41, 5.74) is -1.16. The average molecular weight is 174 g/mol. The molecule has 0 heterocycles. The van der Waals surface area contributed by atoms with Gasteiger partial charge < -0.3 is 15.3 Å². The average Bonchev–Trinajstić information content (AvgIpc) is 2.03. The van der Waals surface area contributed by atoms with Crippen molar-refractivity contribution in [2.45, 2.75) is 19.4 Å². The molecule has 12 heavy (non-hydrogen) atoms. The third kappa shape index (κ3) is 2.64. The molecule has 0 aliphatic carbocycles. The zero-order valence-electron chi connectivity index (χ0n) is 7.03. The summed E-state index contributed by atoms with van der Waals surface area (Å²) in [7, 11) is 0. The summed E-state index contributed by atoms with van der Waals surface area (Å²) >= 11 is 0. The molecule has 0 aromatic carbocycles. The molecule has 0 amide bonds. The molecule has 0 saturated heterocycles. The Hall–Kier alpha value is -0.870. The Balaban J connectivity index is 4.34. The maximum absolute atomic E-state index is 10.6. The number of aliphatic hydroxyl groups excluding tert-OH is 2. The summed E-state index contributed by atoms with van der Waals surface area (Å²) in [6.07, 6.45) is 0.223. The highest BCUT2D eigenvalue weighted by molar-refractivity contribution is 5.76. The highest BCUT2D eigenvalue weighted by Crippen LogP contribution is 2.24. The number of hydrogen-bond acceptors (Lipinski definition) is 3. The van der Waals surface area contributed by atoms with Gasteiger partial charge in [-0.05, 0) is 13.3 Å². The van der Waals surface area contributed by atoms with Gasteiger partial charge in [-0.3, -0.25) is 4.79 Å². The molecule has 2 unspecified atom stereocenters. The van der Waals surface area contributed by atoms with Gasteiger partial charge in [0.15, 0.2) is 0 Å². The lowest BCUT2D eigenvalue weighted by molar-refractivity contribution is -0.146. The van der Waals surface area contributed by atoms with Crippen LogP contribution in [-0.2, 0) is 4.79 Å². The minimum absolute atomic E-state index is 0.0255. The molecular formula is C8H14O4. The van der Waals surface area contributed by atoms with E-state index in [1.165, 1.54) is 13.0 Å². The third-order valence-electron chi connectivity index (χ3n) is 1.81. The van der Waals surface area contributed by atoms with Crippen LogP contribution in [0.5, 0.6) is 0 Å². The second kappa shape index (κ2) is 4.23. The zero-order chi connectivity index (χ0) is 9.78. The molecule has 0 spiro atoms. The quantitative estimate of drug-likeness (QED) is 0.513. The Morgan fingerprint density at radius 3 is 2.50 bits per heavy atom. The minimum atomic E-state index is -1.16. The van der Waals surface area contributed by atoms with Crippen molar-refractivity contribution in [3.63, 3.8) is 0 Å². The predicted octanol–water partition coefficient (Wildman–Crippen LogP) is 0.00660. The predicted molar refractivity (Wildman–Crippen MR) is 43.6 cm³/mol. The topological polar surface area (TPSA) is 77.8 Å². The van der Waals surface area contributed by atoms with Crippen LogP contribution >= 0.6 is 0 Å². The first-order chi connectivity index (χ1) is 5.46. The molecule has 70 valence electrons. The Kier molecular flexibility index (Phi) is 3.92. The molecule has 3 N–H and O–H groups in total. The van der Waals surface area contributed by atoms with Crippen LogP contribution in [0, 0.1) is 5.41 Å². The van der Waals surface area contributed by atoms with Gasteiger partial charge in [0.1, 0.15) is 0 Å². The van der Waals surface area contributed by atoms with Crippen LogP contribution in [0.1, 0.15) is 13.3 Å². The fourth-order valence-electron chi connectivity index (χ4n) is 0.812. The highest BCUT2D eigenvalue weighted by atomic mass is 16.4. The molecule has 0 fully saturated rings. The second-order valence-electron chi connectivity index (χ2n) is 2.97. The molecule has 0 aliphatic heterocycles. The molecule has 4 nitrogen and oxygen atoms in total. The Labute approximate surface area is 71.1 Å². The standard InChI is InChI=1S/C8H14O4/c1-3-8(2,7(11)12)4-6(10)5-9/h3,6,9-10H,1,4-5H2,2H3,(H,11,12). The summed E-state index contributed by atoms with van der Waals surface area (Å²) in [6, 6.07) is 0. The summed E-state index contributed by atoms with van der Waals surface area (Å²) in [4.78, 5) is 10.6. The van der Waals surface area contributed by atoms with Crippen LogP contribution in [0.15, 0.2) is 12.7 Å². The van der Waals surface area contributed by atoms with Crippen LogP contribution in [0.2, 0.25) is 0 Å². The number of carboxylic acids is 1. The zero-order valence-corrected chi connectivity index (χ0v) is 7.03. The van der Waals surface area contributed by atoms with Gasteiger partial charge in [-0.15, -0.1) is 6.58 Å². The first-order valence-corrected chi connectivity index (χ1v) is 3.62. The van der Waals surface area contributed by atoms with Gasteiger partial charge in [0, 0.05) is 0 Å². The lowest BCUT2D eigenvalue weighted by Crippen LogP contribution is -2.31. The van der Waals surface area contributed by atoms with Gasteiger partial charge in [-0.1, -0.05) is 6.08 Å². The lowest BCUT2D eigenvalue weighted by Gasteiger charge is -2.22. The van der Waals surface area contributed by atoms with Crippen molar-refractivity contribution in [2.75, 3.05) is 6.61 Å². The molecule has 0 rings (SSSR count). The molecular weight excluding hydrogens is 160 g/mol. The number of hydrogen-bond donors (Lipinski definition) is 3. The highest BCUT2D eigenvalue weighted by Gasteiger charge is 2.31. The van der Waals surface area contributed by atoms with E-state index in [-0.39, 0.29) is 6.42 Å². The lowest BCUT2D eigenvalue weighted by atomic mass is 9.85. The van der Waals surface area contributed by atoms with E-state index >= 15 is 0 Å². The molecule has 2 atom stereocenters. The number of aliphatic carboxylic acids is 1. The van der Waals surface area contributed by atoms with Crippen LogP contribution in [-0.4, -0.2) is 34.0 Å². The molecule has 0 bridgehead atoms. The van der Waals surface area contributed by atoms with Crippen LogP contribution < -0.4 is 0 Å². The van der Waals surface area contributed by atoms with Gasteiger partial charge in [-0.25, -0.2) is 0 Å². The summed E-state index contributed by atoms with van der Waals surface area (Å²) in [5.74, 6) is -1.05. The second-order valence-corrected chi connectivity index (χ2v) is 2.97. The van der Waals surface area contributed by atoms with Crippen molar-refractivity contribution < 1.29 is 20.1 Å². The van der Waals surface area contributed by atoms with E-state index in [9.17, 15) is 4.79 Å². The summed E-state index contributed by atoms with van der Waals surface area (Å²) in [5, 5.41) is 26.2. The van der Waals surface area contributed by atoms with E-state index in [1.54, 1.807) is 0 Å². The van der Waals surface area contributed by atoms with Crippen LogP contribution in [0.25, 0.3) is 0 Å². The minimum Gasteiger partial charge on any atom is -0.481 e. The molecule has 0 aromatic rings. The van der Waals surface area contributed by atoms with E-state index in [4.69, 9.17) is 15.3 Å². The number of carboxylic acid groups (broad SMARTS) is 1. The first kappa shape index (κ1) is 11.1. The van der Waals surface area contributed by atoms with Crippen molar-refractivity contribution >= 4 is 5.97 Å². The summed E-state index contributed by atoms with van der Waals surface area (Å²) < 4.78 is 0. The number of rotatable bonds is 5. The van der Waals surface area contributed by atoms with Gasteiger partial charge in [0.05, 0.1) is 18.1 Å². The number of carbonyl (C=O) groups is 1. The third-order valence-corrected chi connectivity index (χ3v) is 1.81. The van der Waals surface area contributed by atoms with E-state index in [0.717, 1.165) is 0 Å². The maximum Gasteiger partial charge on any atom is 0.313 e. The largest absolute Gasteiger partial charge is 0.481 e. The Morgan fingerprint density at radius 1 is 1.75 bits per heavy atom. The molecule has 0 radical (unpaired) electrons. The van der Waals surface area contributed by atoms with E-state index in [1.807, 2.05) is 0 Å². The van der Waals surface area contributed by atoms with Crippen LogP contribution in [0.3, 0.4) is 0 Å². The smallest absolute Gasteiger partial charge is 0.313 e. The van der Waals surface area contributed by atoms with Crippen molar-refractivity contribution in [1.29, 1.82) is 0 Å². The molecule has 4 heteroatoms. The Morgan fingerprint density at radius 2 is 2.25 bits per heavy atom. The van der Waals surface area contributed by atoms with Crippen LogP contribution in [0.4, 0.5) is 0 Å². The first-order valence-electron chi connectivity index (χ1n) is 3.62. The van der Waals surface area contributed by atoms with Crippen molar-refractivity contribution in [2.24, 2.45) is 5.41 Å². The SMILES string of the molecule is C=CC(C)(CC(O)CO)C(=O)O. The molecule has 0 saturated carbocycles. The van der Waals surface area contributed by atoms with Crippen molar-refractivity contribution in [3.05, 3.63) is 12.7 Å². The van der Waals surface area contributed by atoms with E-state index in [2.05, 4.69) is 6.58 Å². The number of aliphatic hydroxyl groups is 2. The monoisotopic (exact) mass is 174 g/mol. The van der Waals surface area contributed by atoms with E-state index < -0.39 is 24.1 Å². The van der Waals surface area contributed by atoms with E-state index in [0.29, 0.717) is 0 Å². The van der Waals surface area contributed by atoms with Gasteiger partial charge in [0.2, 0.25) is 0 Å². The van der Waals surface area contributed by atoms with Crippen molar-refractivity contribution in [3.8, 4) is 0 Å². The molecule has 0 aliphatic rings. The normalized spacial score (nSPS) is 17.9. The fourth-order valence-corrected chi connectivity index (χ4v) is 0.812. The van der Waals surface area contributed by atoms with Gasteiger partial charge >= 0.3 is 5.97 Å². The summed E-state index contributed by atoms with van der Waals surface area (Å²) in [6.45, 7) is 4.38.